The molecule has 2 saturated heterocycles. The molecule has 2 aliphatic rings. The fraction of sp³-hybridized carbons (Fsp3) is 0.549. The number of methoxy groups -OCH3 is 1. The number of nitrogens with one attached hydrogen (secondary N) is 3. The zero-order valence-corrected chi connectivity index (χ0v) is 44.3. The van der Waals surface area contributed by atoms with E-state index in [1.807, 2.05) is 0 Å². The molecule has 0 aromatic heterocycles. The lowest BCUT2D eigenvalue weighted by atomic mass is 9.78. The molecule has 428 valence electrons. The highest BCUT2D eigenvalue weighted by atomic mass is 16.7. The Morgan fingerprint density at radius 3 is 1.69 bits per heavy atom. The number of carbonyl (C=O) groups excluding carboxylic acids is 11. The van der Waals surface area contributed by atoms with Gasteiger partial charge in [-0.3, -0.25) is 38.4 Å². The summed E-state index contributed by atoms with van der Waals surface area (Å²) in [7, 11) is 0.881. The maximum atomic E-state index is 14.4. The number of hydrogen-bond donors (Lipinski definition) is 4. The summed E-state index contributed by atoms with van der Waals surface area (Å²) < 4.78 is 68.1. The summed E-state index contributed by atoms with van der Waals surface area (Å²) in [5.41, 5.74) is -1.67. The van der Waals surface area contributed by atoms with Gasteiger partial charge in [-0.15, -0.1) is 0 Å². The van der Waals surface area contributed by atoms with Gasteiger partial charge >= 0.3 is 53.8 Å². The highest BCUT2D eigenvalue weighted by molar-refractivity contribution is 5.82. The van der Waals surface area contributed by atoms with E-state index in [0.717, 1.165) is 62.5 Å². The van der Waals surface area contributed by atoms with Crippen LogP contribution in [0.1, 0.15) is 79.4 Å². The first-order valence-electron chi connectivity index (χ1n) is 24.3. The van der Waals surface area contributed by atoms with Gasteiger partial charge in [0.2, 0.25) is 11.8 Å². The number of rotatable bonds is 24. The molecule has 0 bridgehead atoms. The summed E-state index contributed by atoms with van der Waals surface area (Å²) >= 11 is 0. The molecule has 13 atom stereocenters. The number of carbonyl (C=O) groups is 11. The normalized spacial score (nSPS) is 24.1. The van der Waals surface area contributed by atoms with Gasteiger partial charge in [0.25, 0.3) is 0 Å². The number of aliphatic hydroxyl groups is 1. The van der Waals surface area contributed by atoms with Gasteiger partial charge in [-0.05, 0) is 11.1 Å². The van der Waals surface area contributed by atoms with E-state index < -0.39 is 171 Å². The van der Waals surface area contributed by atoms with Crippen LogP contribution in [-0.4, -0.2) is 170 Å². The lowest BCUT2D eigenvalue weighted by molar-refractivity contribution is -0.288. The Hall–Kier alpha value is -7.75. The number of benzene rings is 2. The van der Waals surface area contributed by atoms with Crippen LogP contribution >= 0.6 is 0 Å². The third kappa shape index (κ3) is 18.8. The van der Waals surface area contributed by atoms with Crippen molar-refractivity contribution in [3.63, 3.8) is 0 Å². The molecule has 2 heterocycles. The van der Waals surface area contributed by atoms with Crippen LogP contribution in [-0.2, 0) is 118 Å². The van der Waals surface area contributed by atoms with Crippen LogP contribution in [0.25, 0.3) is 0 Å². The van der Waals surface area contributed by atoms with E-state index in [2.05, 4.69) is 16.0 Å². The van der Waals surface area contributed by atoms with E-state index in [9.17, 15) is 57.8 Å². The van der Waals surface area contributed by atoms with Crippen molar-refractivity contribution in [3.8, 4) is 0 Å². The van der Waals surface area contributed by atoms with Gasteiger partial charge in [-0.25, -0.2) is 14.4 Å². The van der Waals surface area contributed by atoms with Gasteiger partial charge in [0, 0.05) is 68.2 Å². The topological polar surface area (TPSA) is 355 Å². The molecule has 3 amide bonds. The summed E-state index contributed by atoms with van der Waals surface area (Å²) in [4.78, 5) is 143. The molecule has 27 heteroatoms. The van der Waals surface area contributed by atoms with Crippen molar-refractivity contribution in [2.75, 3.05) is 20.3 Å². The van der Waals surface area contributed by atoms with E-state index in [0.29, 0.717) is 11.1 Å². The number of alkyl carbamates (subject to hydrolysis) is 1. The van der Waals surface area contributed by atoms with Gasteiger partial charge in [0.05, 0.1) is 25.9 Å². The lowest BCUT2D eigenvalue weighted by Crippen LogP contribution is -2.72. The Balaban J connectivity index is 1.87. The summed E-state index contributed by atoms with van der Waals surface area (Å²) in [5, 5.41) is 20.1. The Labute approximate surface area is 447 Å². The predicted octanol–water partition coefficient (Wildman–Crippen LogP) is 0.449. The minimum Gasteiger partial charge on any atom is -0.467 e. The van der Waals surface area contributed by atoms with Gasteiger partial charge in [0.15, 0.2) is 42.3 Å². The molecule has 78 heavy (non-hydrogen) atoms. The van der Waals surface area contributed by atoms with Crippen molar-refractivity contribution >= 4 is 65.7 Å². The van der Waals surface area contributed by atoms with Crippen molar-refractivity contribution in [2.24, 2.45) is 0 Å². The molecular formula is C51H65N3O24. The van der Waals surface area contributed by atoms with Crippen molar-refractivity contribution in [3.05, 3.63) is 71.8 Å². The van der Waals surface area contributed by atoms with Gasteiger partial charge in [-0.2, -0.15) is 0 Å². The third-order valence-corrected chi connectivity index (χ3v) is 11.6. The fourth-order valence-electron chi connectivity index (χ4n) is 8.62. The molecule has 2 fully saturated rings. The van der Waals surface area contributed by atoms with Crippen molar-refractivity contribution in [1.29, 1.82) is 0 Å². The summed E-state index contributed by atoms with van der Waals surface area (Å²) in [6.07, 6.45) is -20.1. The van der Waals surface area contributed by atoms with Crippen molar-refractivity contribution in [2.45, 2.75) is 160 Å². The highest BCUT2D eigenvalue weighted by Crippen LogP contribution is 2.41. The largest absolute Gasteiger partial charge is 0.467 e. The minimum absolute atomic E-state index is 0.222. The standard InChI is InChI=1S/C51H65N3O24/c1-26(55)52-41-38(72-29(4)58)21-51(49(65)67-9,78-46(41)44(75-32(7)61)39(73-30(5)59)25-68-28(3)57)40(63)20-37-43(74-31(6)60)45(76-33(8)62)42(53-27(2)56)48(77-37)70-24-36(47(64)69-22-34-16-12-10-13-17-34)54-50(66)71-23-35-18-14-11-15-19-35/h10-19,36-46,48,63H,20-25H2,1-9H3,(H,52,55)(H,53,56)(H,54,66)/t36-,37+,38-,39+,40+,41+,42+,43-,44+,45+,46+,48-,51?/m0/s1. The number of esters is 8. The summed E-state index contributed by atoms with van der Waals surface area (Å²) in [6, 6.07) is 12.0. The zero-order chi connectivity index (χ0) is 57.9. The van der Waals surface area contributed by atoms with Gasteiger partial charge in [-0.1, -0.05) is 60.7 Å². The van der Waals surface area contributed by atoms with Gasteiger partial charge in [0.1, 0.15) is 44.2 Å². The van der Waals surface area contributed by atoms with Crippen molar-refractivity contribution in [1.82, 2.24) is 16.0 Å². The Morgan fingerprint density at radius 1 is 0.641 bits per heavy atom. The maximum Gasteiger partial charge on any atom is 0.408 e. The second-order valence-corrected chi connectivity index (χ2v) is 17.9. The Morgan fingerprint density at radius 2 is 1.18 bits per heavy atom. The van der Waals surface area contributed by atoms with Crippen LogP contribution in [0.2, 0.25) is 0 Å². The molecule has 0 radical (unpaired) electrons. The number of ether oxygens (including phenoxy) is 12. The number of aliphatic hydroxyl groups excluding tert-OH is 1. The molecular weight excluding hydrogens is 1040 g/mol. The van der Waals surface area contributed by atoms with Crippen LogP contribution in [0.5, 0.6) is 0 Å². The van der Waals surface area contributed by atoms with Crippen LogP contribution in [0.4, 0.5) is 4.79 Å². The second-order valence-electron chi connectivity index (χ2n) is 17.9. The van der Waals surface area contributed by atoms with E-state index >= 15 is 0 Å². The Bertz CT molecular complexity index is 2440. The molecule has 2 aromatic carbocycles. The van der Waals surface area contributed by atoms with E-state index in [1.54, 1.807) is 60.7 Å². The van der Waals surface area contributed by atoms with Crippen LogP contribution in [0.15, 0.2) is 60.7 Å². The number of amides is 3. The quantitative estimate of drug-likeness (QED) is 0.0819. The molecule has 4 rings (SSSR count). The summed E-state index contributed by atoms with van der Waals surface area (Å²) in [6.45, 7) is 5.76. The summed E-state index contributed by atoms with van der Waals surface area (Å²) in [5.74, 6) is -10.1. The van der Waals surface area contributed by atoms with Gasteiger partial charge < -0.3 is 77.9 Å². The average Bonchev–Trinajstić information content (AvgIpc) is 3.39. The SMILES string of the molecule is COC(=O)C1([C@H](O)C[C@H]2O[C@H](OC[C@H](NC(=O)OCc3ccccc3)C(=O)OCc3ccccc3)[C@H](NC(C)=O)[C@@H](OC(C)=O)[C@H]2OC(C)=O)C[C@H](OC(C)=O)[C@@H](NC(C)=O)[C@H]([C@H](OC(C)=O)[C@@H](COC(C)=O)OC(C)=O)O1. The molecule has 27 nitrogen and oxygen atoms in total. The number of hydrogen-bond acceptors (Lipinski definition) is 24. The first kappa shape index (κ1) is 62.8. The molecule has 2 aromatic rings. The van der Waals surface area contributed by atoms with Crippen molar-refractivity contribution < 1.29 is 115 Å². The first-order chi connectivity index (χ1) is 36.8. The van der Waals surface area contributed by atoms with Crippen LogP contribution in [0.3, 0.4) is 0 Å². The molecule has 0 saturated carbocycles. The van der Waals surface area contributed by atoms with Crippen LogP contribution < -0.4 is 16.0 Å². The Kier molecular flexibility index (Phi) is 23.9. The van der Waals surface area contributed by atoms with E-state index in [4.69, 9.17) is 56.8 Å². The smallest absolute Gasteiger partial charge is 0.408 e. The molecule has 1 unspecified atom stereocenters. The van der Waals surface area contributed by atoms with E-state index in [1.165, 1.54) is 0 Å². The zero-order valence-electron chi connectivity index (χ0n) is 44.3. The second kappa shape index (κ2) is 29.7. The molecule has 4 N–H and O–H groups in total. The van der Waals surface area contributed by atoms with E-state index in [-0.39, 0.29) is 13.2 Å². The average molecular weight is 1100 g/mol. The molecule has 0 aliphatic carbocycles. The fourth-order valence-corrected chi connectivity index (χ4v) is 8.62. The highest BCUT2D eigenvalue weighted by Gasteiger charge is 2.62. The van der Waals surface area contributed by atoms with Crippen LogP contribution in [0, 0.1) is 0 Å². The third-order valence-electron chi connectivity index (χ3n) is 11.6. The first-order valence-corrected chi connectivity index (χ1v) is 24.3. The lowest BCUT2D eigenvalue weighted by Gasteiger charge is -2.51. The molecule has 0 spiro atoms. The maximum absolute atomic E-state index is 14.4. The predicted molar refractivity (Wildman–Crippen MR) is 259 cm³/mol. The minimum atomic E-state index is -2.83. The molecule has 2 aliphatic heterocycles. The monoisotopic (exact) mass is 1100 g/mol.